The highest BCUT2D eigenvalue weighted by atomic mass is 79.9. The van der Waals surface area contributed by atoms with Gasteiger partial charge in [-0.15, -0.1) is 15.3 Å². The molecule has 0 fully saturated rings. The molecule has 0 aliphatic rings. The molecule has 0 aliphatic carbocycles. The molecule has 0 amide bonds. The number of tetrazole rings is 1. The highest BCUT2D eigenvalue weighted by Gasteiger charge is 2.10. The molecule has 8 nitrogen and oxygen atoms in total. The Kier molecular flexibility index (Phi) is 4.92. The van der Waals surface area contributed by atoms with Gasteiger partial charge in [-0.25, -0.2) is 4.68 Å². The van der Waals surface area contributed by atoms with Crippen LogP contribution >= 0.6 is 47.8 Å². The molecule has 1 aromatic carbocycles. The molecule has 0 bridgehead atoms. The first-order valence-corrected chi connectivity index (χ1v) is 9.71. The van der Waals surface area contributed by atoms with Gasteiger partial charge in [0.25, 0.3) is 0 Å². The summed E-state index contributed by atoms with van der Waals surface area (Å²) in [5.74, 6) is 0.483. The lowest BCUT2D eigenvalue weighted by Crippen LogP contribution is -2.00. The molecule has 0 radical (unpaired) electrons. The summed E-state index contributed by atoms with van der Waals surface area (Å²) in [5, 5.41) is 22.4. The number of aromatic amines is 1. The molecule has 11 heteroatoms. The van der Waals surface area contributed by atoms with Crippen molar-refractivity contribution in [2.75, 3.05) is 0 Å². The number of aromatic nitrogens is 8. The van der Waals surface area contributed by atoms with E-state index in [0.717, 1.165) is 35.8 Å². The Morgan fingerprint density at radius 2 is 1.73 bits per heavy atom. The van der Waals surface area contributed by atoms with E-state index in [9.17, 15) is 0 Å². The van der Waals surface area contributed by atoms with E-state index in [1.165, 1.54) is 0 Å². The fraction of sp³-hybridized carbons (Fsp3) is 0.0667. The summed E-state index contributed by atoms with van der Waals surface area (Å²) in [6, 6.07) is 5.97. The van der Waals surface area contributed by atoms with Crippen LogP contribution in [0.15, 0.2) is 50.2 Å². The number of pyridine rings is 1. The molecule has 0 unspecified atom stereocenters. The van der Waals surface area contributed by atoms with E-state index >= 15 is 0 Å². The third kappa shape index (κ3) is 3.60. The van der Waals surface area contributed by atoms with Crippen LogP contribution in [0.5, 0.6) is 0 Å². The van der Waals surface area contributed by atoms with Gasteiger partial charge >= 0.3 is 0 Å². The molecular weight excluding hydrogens is 532 g/mol. The Morgan fingerprint density at radius 3 is 2.46 bits per heavy atom. The van der Waals surface area contributed by atoms with Crippen LogP contribution < -0.4 is 0 Å². The monoisotopic (exact) mass is 538 g/mol. The fourth-order valence-electron chi connectivity index (χ4n) is 2.38. The van der Waals surface area contributed by atoms with Crippen LogP contribution in [0.3, 0.4) is 0 Å². The molecule has 4 rings (SSSR count). The van der Waals surface area contributed by atoms with Gasteiger partial charge < -0.3 is 0 Å². The average molecular weight is 541 g/mol. The summed E-state index contributed by atoms with van der Waals surface area (Å²) in [4.78, 5) is 4.23. The van der Waals surface area contributed by atoms with Gasteiger partial charge in [0.1, 0.15) is 5.69 Å². The molecule has 0 spiro atoms. The quantitative estimate of drug-likeness (QED) is 0.395. The molecule has 130 valence electrons. The second-order valence-electron chi connectivity index (χ2n) is 5.37. The average Bonchev–Trinajstić information content (AvgIpc) is 3.32. The molecule has 0 saturated carbocycles. The van der Waals surface area contributed by atoms with Crippen LogP contribution in [0.25, 0.3) is 22.6 Å². The number of rotatable bonds is 4. The first-order chi connectivity index (χ1) is 12.6. The SMILES string of the molecule is Brc1cc(Cn2cc(-c3cncc(-c4nn[nH]n4)c3)nn2)cc(Br)c1Br. The van der Waals surface area contributed by atoms with Crippen molar-refractivity contribution in [2.24, 2.45) is 0 Å². The predicted octanol–water partition coefficient (Wildman–Crippen LogP) is 3.86. The van der Waals surface area contributed by atoms with Crippen molar-refractivity contribution in [3.05, 3.63) is 55.8 Å². The smallest absolute Gasteiger partial charge is 0.206 e. The van der Waals surface area contributed by atoms with Gasteiger partial charge in [-0.2, -0.15) is 5.21 Å². The molecular formula is C15H9Br3N8. The zero-order chi connectivity index (χ0) is 18.1. The van der Waals surface area contributed by atoms with Crippen molar-refractivity contribution in [2.45, 2.75) is 6.54 Å². The molecule has 3 aromatic heterocycles. The molecule has 0 atom stereocenters. The number of nitrogens with one attached hydrogen (secondary N) is 1. The lowest BCUT2D eigenvalue weighted by atomic mass is 10.1. The van der Waals surface area contributed by atoms with Crippen molar-refractivity contribution >= 4 is 47.8 Å². The van der Waals surface area contributed by atoms with Gasteiger partial charge in [-0.05, 0) is 76.8 Å². The van der Waals surface area contributed by atoms with E-state index in [4.69, 9.17) is 0 Å². The van der Waals surface area contributed by atoms with Crippen LogP contribution in [-0.4, -0.2) is 40.6 Å². The van der Waals surface area contributed by atoms with Crippen LogP contribution in [0.2, 0.25) is 0 Å². The standard InChI is InChI=1S/C15H9Br3N8/c16-11-1-8(2-12(17)14(11)18)6-26-7-13(20-25-26)9-3-10(5-19-4-9)15-21-23-24-22-15/h1-5,7H,6H2,(H,21,22,23,24). The summed E-state index contributed by atoms with van der Waals surface area (Å²) in [6.07, 6.45) is 5.28. The van der Waals surface area contributed by atoms with E-state index in [1.54, 1.807) is 17.1 Å². The van der Waals surface area contributed by atoms with Gasteiger partial charge in [-0.1, -0.05) is 5.21 Å². The lowest BCUT2D eigenvalue weighted by molar-refractivity contribution is 0.649. The fourth-order valence-corrected chi connectivity index (χ4v) is 3.89. The topological polar surface area (TPSA) is 98.1 Å². The molecule has 26 heavy (non-hydrogen) atoms. The lowest BCUT2D eigenvalue weighted by Gasteiger charge is -2.05. The maximum absolute atomic E-state index is 4.24. The van der Waals surface area contributed by atoms with E-state index in [-0.39, 0.29) is 0 Å². The molecule has 1 N–H and O–H groups in total. The van der Waals surface area contributed by atoms with Crippen molar-refractivity contribution in [3.63, 3.8) is 0 Å². The minimum Gasteiger partial charge on any atom is -0.263 e. The Labute approximate surface area is 172 Å². The summed E-state index contributed by atoms with van der Waals surface area (Å²) < 4.78 is 4.70. The number of H-pyrrole nitrogens is 1. The van der Waals surface area contributed by atoms with Crippen molar-refractivity contribution in [1.82, 2.24) is 40.6 Å². The van der Waals surface area contributed by atoms with Gasteiger partial charge in [-0.3, -0.25) is 4.98 Å². The minimum atomic E-state index is 0.483. The van der Waals surface area contributed by atoms with Gasteiger partial charge in [0, 0.05) is 36.9 Å². The number of hydrogen-bond acceptors (Lipinski definition) is 6. The second-order valence-corrected chi connectivity index (χ2v) is 7.87. The van der Waals surface area contributed by atoms with Gasteiger partial charge in [0.05, 0.1) is 12.7 Å². The van der Waals surface area contributed by atoms with E-state index in [1.807, 2.05) is 24.4 Å². The number of benzene rings is 1. The van der Waals surface area contributed by atoms with Crippen molar-refractivity contribution in [1.29, 1.82) is 0 Å². The number of hydrogen-bond donors (Lipinski definition) is 1. The Hall–Kier alpha value is -1.98. The summed E-state index contributed by atoms with van der Waals surface area (Å²) in [6.45, 7) is 0.593. The highest BCUT2D eigenvalue weighted by molar-refractivity contribution is 9.14. The Bertz CT molecular complexity index is 1040. The summed E-state index contributed by atoms with van der Waals surface area (Å²) >= 11 is 10.6. The van der Waals surface area contributed by atoms with E-state index in [2.05, 4.69) is 83.7 Å². The zero-order valence-corrected chi connectivity index (χ0v) is 17.7. The minimum absolute atomic E-state index is 0.483. The largest absolute Gasteiger partial charge is 0.263 e. The van der Waals surface area contributed by atoms with Crippen LogP contribution in [0.1, 0.15) is 5.56 Å². The van der Waals surface area contributed by atoms with E-state index in [0.29, 0.717) is 12.4 Å². The van der Waals surface area contributed by atoms with Gasteiger partial charge in [0.15, 0.2) is 0 Å². The molecule has 4 aromatic rings. The number of nitrogens with zero attached hydrogens (tertiary/aromatic N) is 7. The predicted molar refractivity (Wildman–Crippen MR) is 105 cm³/mol. The second kappa shape index (κ2) is 7.33. The Morgan fingerprint density at radius 1 is 0.962 bits per heavy atom. The first kappa shape index (κ1) is 17.4. The summed E-state index contributed by atoms with van der Waals surface area (Å²) in [7, 11) is 0. The maximum atomic E-state index is 4.24. The molecule has 3 heterocycles. The molecule has 0 aliphatic heterocycles. The van der Waals surface area contributed by atoms with Crippen LogP contribution in [-0.2, 0) is 6.54 Å². The van der Waals surface area contributed by atoms with Crippen molar-refractivity contribution < 1.29 is 0 Å². The first-order valence-electron chi connectivity index (χ1n) is 7.33. The molecule has 0 saturated heterocycles. The van der Waals surface area contributed by atoms with E-state index < -0.39 is 0 Å². The Balaban J connectivity index is 1.60. The number of halogens is 3. The van der Waals surface area contributed by atoms with Crippen molar-refractivity contribution in [3.8, 4) is 22.6 Å². The maximum Gasteiger partial charge on any atom is 0.206 e. The van der Waals surface area contributed by atoms with Crippen LogP contribution in [0.4, 0.5) is 0 Å². The summed E-state index contributed by atoms with van der Waals surface area (Å²) in [5.41, 5.74) is 3.39. The third-order valence-electron chi connectivity index (χ3n) is 3.56. The normalized spacial score (nSPS) is 11.0. The highest BCUT2D eigenvalue weighted by Crippen LogP contribution is 2.32. The zero-order valence-electron chi connectivity index (χ0n) is 12.9. The van der Waals surface area contributed by atoms with Crippen LogP contribution in [0, 0.1) is 0 Å². The third-order valence-corrected chi connectivity index (χ3v) is 6.73. The van der Waals surface area contributed by atoms with Gasteiger partial charge in [0.2, 0.25) is 5.82 Å².